The molecule has 1 rings (SSSR count). The van der Waals surface area contributed by atoms with E-state index in [0.717, 1.165) is 0 Å². The molecule has 0 fully saturated rings. The third-order valence-corrected chi connectivity index (χ3v) is 3.74. The van der Waals surface area contributed by atoms with Crippen LogP contribution in [0.3, 0.4) is 0 Å². The van der Waals surface area contributed by atoms with Crippen molar-refractivity contribution < 1.29 is 10.0 Å². The molecule has 1 N–H and O–H groups in total. The second-order valence-corrected chi connectivity index (χ2v) is 5.73. The van der Waals surface area contributed by atoms with E-state index in [4.69, 9.17) is 34.8 Å². The summed E-state index contributed by atoms with van der Waals surface area (Å²) in [5, 5.41) is 11.3. The van der Waals surface area contributed by atoms with Gasteiger partial charge in [-0.2, -0.15) is 0 Å². The van der Waals surface area contributed by atoms with Gasteiger partial charge in [-0.15, -0.1) is 11.6 Å². The number of hydrogen-bond acceptors (Lipinski definition) is 2. The van der Waals surface area contributed by atoms with Crippen LogP contribution in [0.15, 0.2) is 18.2 Å². The number of alkyl halides is 1. The molecule has 1 aromatic rings. The van der Waals surface area contributed by atoms with Crippen molar-refractivity contribution in [2.45, 2.75) is 20.4 Å². The molecular formula is C12H14Cl3NO2. The zero-order chi connectivity index (χ0) is 13.9. The third-order valence-electron chi connectivity index (χ3n) is 2.48. The highest BCUT2D eigenvalue weighted by Gasteiger charge is 2.31. The Morgan fingerprint density at radius 1 is 1.39 bits per heavy atom. The molecule has 0 aliphatic rings. The van der Waals surface area contributed by atoms with Crippen molar-refractivity contribution in [2.75, 3.05) is 5.88 Å². The molecule has 6 heteroatoms. The molecule has 0 atom stereocenters. The highest BCUT2D eigenvalue weighted by Crippen LogP contribution is 2.25. The van der Waals surface area contributed by atoms with E-state index < -0.39 is 11.3 Å². The number of carbonyl (C=O) groups is 1. The zero-order valence-corrected chi connectivity index (χ0v) is 12.4. The molecule has 1 aromatic carbocycles. The highest BCUT2D eigenvalue weighted by atomic mass is 35.5. The minimum Gasteiger partial charge on any atom is -0.286 e. The predicted molar refractivity (Wildman–Crippen MR) is 73.3 cm³/mol. The lowest BCUT2D eigenvalue weighted by atomic mass is 9.95. The van der Waals surface area contributed by atoms with Crippen molar-refractivity contribution in [1.82, 2.24) is 5.06 Å². The average molecular weight is 311 g/mol. The average Bonchev–Trinajstić information content (AvgIpc) is 2.31. The van der Waals surface area contributed by atoms with E-state index in [2.05, 4.69) is 0 Å². The van der Waals surface area contributed by atoms with Crippen LogP contribution in [0.25, 0.3) is 0 Å². The van der Waals surface area contributed by atoms with Gasteiger partial charge in [-0.05, 0) is 31.5 Å². The summed E-state index contributed by atoms with van der Waals surface area (Å²) in [4.78, 5) is 11.9. The fourth-order valence-electron chi connectivity index (χ4n) is 1.29. The summed E-state index contributed by atoms with van der Waals surface area (Å²) in [5.74, 6) is -0.333. The van der Waals surface area contributed by atoms with E-state index in [1.807, 2.05) is 0 Å². The normalized spacial score (nSPS) is 11.4. The molecule has 0 aromatic heterocycles. The molecule has 0 saturated heterocycles. The lowest BCUT2D eigenvalue weighted by Crippen LogP contribution is -2.39. The number of rotatable bonds is 4. The summed E-state index contributed by atoms with van der Waals surface area (Å²) >= 11 is 17.4. The van der Waals surface area contributed by atoms with Gasteiger partial charge in [0.1, 0.15) is 0 Å². The Kier molecular flexibility index (Phi) is 5.29. The minimum absolute atomic E-state index is 0.00481. The van der Waals surface area contributed by atoms with Crippen molar-refractivity contribution in [3.8, 4) is 0 Å². The summed E-state index contributed by atoms with van der Waals surface area (Å²) < 4.78 is 0. The van der Waals surface area contributed by atoms with Gasteiger partial charge in [-0.25, -0.2) is 5.06 Å². The molecule has 0 saturated carbocycles. The fourth-order valence-corrected chi connectivity index (χ4v) is 1.87. The molecule has 18 heavy (non-hydrogen) atoms. The second kappa shape index (κ2) is 6.11. The Morgan fingerprint density at radius 3 is 2.50 bits per heavy atom. The lowest BCUT2D eigenvalue weighted by Gasteiger charge is -2.26. The summed E-state index contributed by atoms with van der Waals surface area (Å²) in [6.07, 6.45) is 0. The molecule has 0 unspecified atom stereocenters. The lowest BCUT2D eigenvalue weighted by molar-refractivity contribution is -0.177. The van der Waals surface area contributed by atoms with E-state index in [1.54, 1.807) is 32.0 Å². The standard InChI is InChI=1S/C12H14Cl3NO2/c1-12(2,7-13)11(17)16(18)6-8-3-4-9(14)5-10(8)15/h3-5,18H,6-7H2,1-2H3. The molecule has 3 nitrogen and oxygen atoms in total. The van der Waals surface area contributed by atoms with Gasteiger partial charge in [0.15, 0.2) is 0 Å². The van der Waals surface area contributed by atoms with Crippen molar-refractivity contribution in [1.29, 1.82) is 0 Å². The van der Waals surface area contributed by atoms with Crippen LogP contribution in [-0.4, -0.2) is 22.1 Å². The highest BCUT2D eigenvalue weighted by molar-refractivity contribution is 6.35. The first-order valence-electron chi connectivity index (χ1n) is 5.28. The van der Waals surface area contributed by atoms with Gasteiger partial charge < -0.3 is 0 Å². The van der Waals surface area contributed by atoms with Gasteiger partial charge in [0.25, 0.3) is 5.91 Å². The Balaban J connectivity index is 2.82. The molecule has 100 valence electrons. The van der Waals surface area contributed by atoms with E-state index in [0.29, 0.717) is 20.7 Å². The SMILES string of the molecule is CC(C)(CCl)C(=O)N(O)Cc1ccc(Cl)cc1Cl. The van der Waals surface area contributed by atoms with Crippen molar-refractivity contribution >= 4 is 40.7 Å². The molecule has 0 radical (unpaired) electrons. The van der Waals surface area contributed by atoms with Crippen molar-refractivity contribution in [3.63, 3.8) is 0 Å². The minimum atomic E-state index is -0.824. The summed E-state index contributed by atoms with van der Waals surface area (Å²) in [7, 11) is 0. The van der Waals surface area contributed by atoms with Crippen LogP contribution in [0.4, 0.5) is 0 Å². The second-order valence-electron chi connectivity index (χ2n) is 4.62. The van der Waals surface area contributed by atoms with E-state index in [9.17, 15) is 10.0 Å². The molecule has 1 amide bonds. The fraction of sp³-hybridized carbons (Fsp3) is 0.417. The smallest absolute Gasteiger partial charge is 0.253 e. The number of carbonyl (C=O) groups excluding carboxylic acids is 1. The number of amides is 1. The van der Waals surface area contributed by atoms with Gasteiger partial charge in [0.2, 0.25) is 0 Å². The van der Waals surface area contributed by atoms with Crippen LogP contribution < -0.4 is 0 Å². The third kappa shape index (κ3) is 3.75. The number of hydrogen-bond donors (Lipinski definition) is 1. The maximum atomic E-state index is 11.9. The first-order valence-corrected chi connectivity index (χ1v) is 6.57. The Bertz CT molecular complexity index is 449. The van der Waals surface area contributed by atoms with Gasteiger partial charge in [-0.1, -0.05) is 29.3 Å². The van der Waals surface area contributed by atoms with E-state index in [-0.39, 0.29) is 12.4 Å². The molecule has 0 spiro atoms. The van der Waals surface area contributed by atoms with Gasteiger partial charge >= 0.3 is 0 Å². The largest absolute Gasteiger partial charge is 0.286 e. The Hall–Kier alpha value is -0.480. The number of hydroxylamine groups is 2. The van der Waals surface area contributed by atoms with Crippen LogP contribution in [-0.2, 0) is 11.3 Å². The Labute approximate surface area is 121 Å². The molecule has 0 aliphatic carbocycles. The summed E-state index contributed by atoms with van der Waals surface area (Å²) in [6, 6.07) is 4.87. The Morgan fingerprint density at radius 2 is 2.00 bits per heavy atom. The van der Waals surface area contributed by atoms with Crippen LogP contribution in [0.2, 0.25) is 10.0 Å². The molecule has 0 bridgehead atoms. The topological polar surface area (TPSA) is 40.5 Å². The molecule has 0 aliphatic heterocycles. The summed E-state index contributed by atoms with van der Waals surface area (Å²) in [6.45, 7) is 3.32. The monoisotopic (exact) mass is 309 g/mol. The quantitative estimate of drug-likeness (QED) is 0.519. The summed E-state index contributed by atoms with van der Waals surface area (Å²) in [5.41, 5.74) is -0.211. The van der Waals surface area contributed by atoms with Gasteiger partial charge in [0, 0.05) is 15.9 Å². The van der Waals surface area contributed by atoms with Crippen LogP contribution in [0, 0.1) is 5.41 Å². The maximum Gasteiger partial charge on any atom is 0.253 e. The van der Waals surface area contributed by atoms with E-state index in [1.165, 1.54) is 0 Å². The van der Waals surface area contributed by atoms with Crippen LogP contribution in [0.5, 0.6) is 0 Å². The van der Waals surface area contributed by atoms with Crippen molar-refractivity contribution in [3.05, 3.63) is 33.8 Å². The van der Waals surface area contributed by atoms with E-state index >= 15 is 0 Å². The molecular weight excluding hydrogens is 296 g/mol. The van der Waals surface area contributed by atoms with Crippen molar-refractivity contribution in [2.24, 2.45) is 5.41 Å². The maximum absolute atomic E-state index is 11.9. The number of nitrogens with zero attached hydrogens (tertiary/aromatic N) is 1. The van der Waals surface area contributed by atoms with Gasteiger partial charge in [-0.3, -0.25) is 10.0 Å². The van der Waals surface area contributed by atoms with Gasteiger partial charge in [0.05, 0.1) is 12.0 Å². The van der Waals surface area contributed by atoms with Crippen LogP contribution in [0.1, 0.15) is 19.4 Å². The predicted octanol–water partition coefficient (Wildman–Crippen LogP) is 3.98. The number of halogens is 3. The number of benzene rings is 1. The first kappa shape index (κ1) is 15.6. The first-order chi connectivity index (χ1) is 8.27. The van der Waals surface area contributed by atoms with Crippen LogP contribution >= 0.6 is 34.8 Å². The molecule has 0 heterocycles. The zero-order valence-electron chi connectivity index (χ0n) is 10.1.